The highest BCUT2D eigenvalue weighted by molar-refractivity contribution is 5.74. The number of carboxylic acids is 1. The second kappa shape index (κ2) is 2.32. The first-order valence-electron chi connectivity index (χ1n) is 1.84. The third-order valence-corrected chi connectivity index (χ3v) is 0.550. The summed E-state index contributed by atoms with van der Waals surface area (Å²) in [6.07, 6.45) is -1.85. The summed E-state index contributed by atoms with van der Waals surface area (Å²) in [6, 6.07) is 0. The van der Waals surface area contributed by atoms with E-state index in [4.69, 9.17) is 15.3 Å². The van der Waals surface area contributed by atoms with Crippen molar-refractivity contribution in [2.45, 2.75) is 6.10 Å². The van der Waals surface area contributed by atoms with Crippen LogP contribution in [0.4, 0.5) is 0 Å². The van der Waals surface area contributed by atoms with Crippen LogP contribution in [0, 0.1) is 0 Å². The molecule has 8 heavy (non-hydrogen) atoms. The van der Waals surface area contributed by atoms with E-state index in [9.17, 15) is 4.79 Å². The van der Waals surface area contributed by atoms with Gasteiger partial charge in [-0.25, -0.2) is 4.79 Å². The number of rotatable bonds is 2. The Morgan fingerprint density at radius 1 is 1.50 bits per heavy atom. The van der Waals surface area contributed by atoms with Crippen molar-refractivity contribution in [3.8, 4) is 0 Å². The van der Waals surface area contributed by atoms with Gasteiger partial charge >= 0.3 is 5.97 Å². The molecule has 4 nitrogen and oxygen atoms in total. The molecule has 0 aromatic carbocycles. The van der Waals surface area contributed by atoms with Gasteiger partial charge in [0.1, 0.15) is 5.76 Å². The highest BCUT2D eigenvalue weighted by Gasteiger charge is 2.14. The Balaban J connectivity index is 3.83. The molecular weight excluding hydrogens is 112 g/mol. The molecule has 0 aliphatic carbocycles. The molecule has 1 unspecified atom stereocenters. The Hall–Kier alpha value is -1.03. The van der Waals surface area contributed by atoms with E-state index < -0.39 is 17.8 Å². The zero-order valence-electron chi connectivity index (χ0n) is 4.03. The number of aliphatic hydroxyl groups excluding tert-OH is 2. The first-order chi connectivity index (χ1) is 3.55. The average molecular weight is 118 g/mol. The van der Waals surface area contributed by atoms with Crippen molar-refractivity contribution < 1.29 is 20.1 Å². The maximum absolute atomic E-state index is 9.67. The molecule has 0 heterocycles. The van der Waals surface area contributed by atoms with Crippen molar-refractivity contribution in [2.75, 3.05) is 0 Å². The lowest BCUT2D eigenvalue weighted by Gasteiger charge is -1.99. The van der Waals surface area contributed by atoms with Gasteiger partial charge in [0.25, 0.3) is 0 Å². The Labute approximate surface area is 45.7 Å². The van der Waals surface area contributed by atoms with Gasteiger partial charge in [0, 0.05) is 0 Å². The van der Waals surface area contributed by atoms with Crippen molar-refractivity contribution in [3.63, 3.8) is 0 Å². The quantitative estimate of drug-likeness (QED) is 0.427. The summed E-state index contributed by atoms with van der Waals surface area (Å²) in [6.45, 7) is 2.80. The molecule has 0 aliphatic rings. The molecular formula is C4H6O4. The molecule has 0 fully saturated rings. The summed E-state index contributed by atoms with van der Waals surface area (Å²) in [5.74, 6) is -2.25. The summed E-state index contributed by atoms with van der Waals surface area (Å²) in [4.78, 5) is 9.67. The van der Waals surface area contributed by atoms with Crippen molar-refractivity contribution >= 4 is 5.97 Å². The van der Waals surface area contributed by atoms with E-state index in [0.717, 1.165) is 0 Å². The Bertz CT molecular complexity index is 103. The fraction of sp³-hybridized carbons (Fsp3) is 0.250. The van der Waals surface area contributed by atoms with Crippen LogP contribution in [0.5, 0.6) is 0 Å². The van der Waals surface area contributed by atoms with Crippen LogP contribution in [0.3, 0.4) is 0 Å². The molecule has 0 aromatic rings. The van der Waals surface area contributed by atoms with Crippen LogP contribution in [0.25, 0.3) is 0 Å². The van der Waals surface area contributed by atoms with Crippen molar-refractivity contribution in [2.24, 2.45) is 0 Å². The van der Waals surface area contributed by atoms with E-state index in [-0.39, 0.29) is 0 Å². The minimum absolute atomic E-state index is 0.752. The molecule has 3 N–H and O–H groups in total. The van der Waals surface area contributed by atoms with Crippen LogP contribution in [0.1, 0.15) is 0 Å². The average Bonchev–Trinajstić information content (AvgIpc) is 1.64. The van der Waals surface area contributed by atoms with Gasteiger partial charge in [-0.1, -0.05) is 6.58 Å². The molecule has 0 saturated heterocycles. The molecule has 46 valence electrons. The van der Waals surface area contributed by atoms with Crippen LogP contribution in [0.15, 0.2) is 12.3 Å². The summed E-state index contributed by atoms with van der Waals surface area (Å²) >= 11 is 0. The number of carbonyl (C=O) groups is 1. The van der Waals surface area contributed by atoms with Crippen LogP contribution < -0.4 is 0 Å². The molecule has 0 radical (unpaired) electrons. The van der Waals surface area contributed by atoms with Crippen molar-refractivity contribution in [1.82, 2.24) is 0 Å². The molecule has 4 heteroatoms. The van der Waals surface area contributed by atoms with Crippen LogP contribution in [-0.2, 0) is 4.79 Å². The predicted octanol–water partition coefficient (Wildman–Crippen LogP) is -0.496. The number of carboxylic acid groups (broad SMARTS) is 1. The fourth-order valence-electron chi connectivity index (χ4n) is 0.143. The smallest absolute Gasteiger partial charge is 0.340 e. The lowest BCUT2D eigenvalue weighted by Crippen LogP contribution is -2.20. The van der Waals surface area contributed by atoms with Crippen LogP contribution in [-0.4, -0.2) is 27.4 Å². The van der Waals surface area contributed by atoms with Crippen molar-refractivity contribution in [3.05, 3.63) is 12.3 Å². The van der Waals surface area contributed by atoms with Gasteiger partial charge in [-0.3, -0.25) is 0 Å². The second-order valence-electron chi connectivity index (χ2n) is 1.23. The molecule has 0 bridgehead atoms. The highest BCUT2D eigenvalue weighted by atomic mass is 16.4. The van der Waals surface area contributed by atoms with E-state index in [1.54, 1.807) is 0 Å². The Morgan fingerprint density at radius 2 is 1.88 bits per heavy atom. The number of hydrogen-bond donors (Lipinski definition) is 3. The highest BCUT2D eigenvalue weighted by Crippen LogP contribution is 1.91. The zero-order chi connectivity index (χ0) is 6.73. The Kier molecular flexibility index (Phi) is 2.02. The van der Waals surface area contributed by atoms with Gasteiger partial charge in [-0.05, 0) is 0 Å². The number of aliphatic carboxylic acids is 1. The van der Waals surface area contributed by atoms with E-state index >= 15 is 0 Å². The van der Waals surface area contributed by atoms with E-state index in [0.29, 0.717) is 0 Å². The largest absolute Gasteiger partial charge is 0.510 e. The third kappa shape index (κ3) is 1.61. The monoisotopic (exact) mass is 118 g/mol. The SMILES string of the molecule is C=C(O)C(O)C(=O)O. The standard InChI is InChI=1S/C4H6O4/c1-2(5)3(6)4(7)8/h3,5-6H,1H2,(H,7,8). The van der Waals surface area contributed by atoms with Crippen LogP contribution in [0.2, 0.25) is 0 Å². The maximum atomic E-state index is 9.67. The topological polar surface area (TPSA) is 77.8 Å². The van der Waals surface area contributed by atoms with E-state index in [2.05, 4.69) is 6.58 Å². The number of aliphatic hydroxyl groups is 2. The minimum atomic E-state index is -1.85. The fourth-order valence-corrected chi connectivity index (χ4v) is 0.143. The van der Waals surface area contributed by atoms with Gasteiger partial charge in [-0.15, -0.1) is 0 Å². The third-order valence-electron chi connectivity index (χ3n) is 0.550. The molecule has 1 atom stereocenters. The normalized spacial score (nSPS) is 12.6. The summed E-state index contributed by atoms with van der Waals surface area (Å²) in [5.41, 5.74) is 0. The van der Waals surface area contributed by atoms with Gasteiger partial charge in [0.05, 0.1) is 0 Å². The van der Waals surface area contributed by atoms with Crippen LogP contribution >= 0.6 is 0 Å². The molecule has 0 saturated carbocycles. The van der Waals surface area contributed by atoms with Crippen molar-refractivity contribution in [1.29, 1.82) is 0 Å². The first-order valence-corrected chi connectivity index (χ1v) is 1.84. The van der Waals surface area contributed by atoms with Gasteiger partial charge in [0.2, 0.25) is 6.10 Å². The zero-order valence-corrected chi connectivity index (χ0v) is 4.03. The lowest BCUT2D eigenvalue weighted by molar-refractivity contribution is -0.145. The minimum Gasteiger partial charge on any atom is -0.510 e. The van der Waals surface area contributed by atoms with E-state index in [1.165, 1.54) is 0 Å². The number of hydrogen-bond acceptors (Lipinski definition) is 3. The summed E-state index contributed by atoms with van der Waals surface area (Å²) in [5, 5.41) is 24.3. The van der Waals surface area contributed by atoms with Gasteiger partial charge in [-0.2, -0.15) is 0 Å². The van der Waals surface area contributed by atoms with Gasteiger partial charge < -0.3 is 15.3 Å². The maximum Gasteiger partial charge on any atom is 0.340 e. The molecule has 0 aliphatic heterocycles. The second-order valence-corrected chi connectivity index (χ2v) is 1.23. The first kappa shape index (κ1) is 6.97. The van der Waals surface area contributed by atoms with E-state index in [1.807, 2.05) is 0 Å². The Morgan fingerprint density at radius 3 is 1.88 bits per heavy atom. The lowest BCUT2D eigenvalue weighted by atomic mass is 10.3. The molecule has 0 aromatic heterocycles. The predicted molar refractivity (Wildman–Crippen MR) is 25.4 cm³/mol. The molecule has 0 spiro atoms. The summed E-state index contributed by atoms with van der Waals surface area (Å²) < 4.78 is 0. The summed E-state index contributed by atoms with van der Waals surface area (Å²) in [7, 11) is 0. The molecule has 0 amide bonds. The van der Waals surface area contributed by atoms with Gasteiger partial charge in [0.15, 0.2) is 0 Å². The molecule has 0 rings (SSSR count).